The van der Waals surface area contributed by atoms with Gasteiger partial charge >= 0.3 is 0 Å². The minimum Gasteiger partial charge on any atom is -0.477 e. The Morgan fingerprint density at radius 1 is 1.14 bits per heavy atom. The first-order chi connectivity index (χ1) is 13.7. The molecule has 1 aliphatic heterocycles. The summed E-state index contributed by atoms with van der Waals surface area (Å²) in [6, 6.07) is 9.88. The van der Waals surface area contributed by atoms with Crippen LogP contribution in [0.5, 0.6) is 5.88 Å². The molecule has 2 aromatic heterocycles. The number of piperidine rings is 1. The largest absolute Gasteiger partial charge is 0.477 e. The van der Waals surface area contributed by atoms with Crippen LogP contribution in [0.3, 0.4) is 0 Å². The number of hydrogen-bond acceptors (Lipinski definition) is 7. The van der Waals surface area contributed by atoms with Gasteiger partial charge in [0, 0.05) is 29.9 Å². The number of rotatable bonds is 6. The van der Waals surface area contributed by atoms with Gasteiger partial charge in [-0.2, -0.15) is 0 Å². The lowest BCUT2D eigenvalue weighted by atomic mass is 9.98. The lowest BCUT2D eigenvalue weighted by molar-refractivity contribution is 0.157. The smallest absolute Gasteiger partial charge is 0.213 e. The van der Waals surface area contributed by atoms with E-state index in [1.54, 1.807) is 0 Å². The van der Waals surface area contributed by atoms with Crippen LogP contribution in [0.2, 0.25) is 0 Å². The van der Waals surface area contributed by atoms with Crippen molar-refractivity contribution in [3.8, 4) is 5.88 Å². The first-order valence-corrected chi connectivity index (χ1v) is 9.68. The molecule has 146 valence electrons. The molecule has 4 rings (SSSR count). The van der Waals surface area contributed by atoms with Gasteiger partial charge in [0.1, 0.15) is 12.1 Å². The monoisotopic (exact) mass is 378 g/mol. The van der Waals surface area contributed by atoms with Gasteiger partial charge in [-0.25, -0.2) is 15.0 Å². The third-order valence-corrected chi connectivity index (χ3v) is 5.27. The highest BCUT2D eigenvalue weighted by Gasteiger charge is 2.17. The van der Waals surface area contributed by atoms with E-state index in [0.29, 0.717) is 24.2 Å². The number of hydrogen-bond donors (Lipinski definition) is 2. The molecule has 0 unspecified atom stereocenters. The van der Waals surface area contributed by atoms with Crippen LogP contribution in [0.4, 0.5) is 11.5 Å². The second kappa shape index (κ2) is 8.39. The number of fused-ring (bicyclic) bond motifs is 1. The highest BCUT2D eigenvalue weighted by Crippen LogP contribution is 2.21. The fourth-order valence-electron chi connectivity index (χ4n) is 3.42. The molecule has 3 heterocycles. The molecule has 0 saturated carbocycles. The number of nitrogen functional groups attached to an aromatic ring is 1. The van der Waals surface area contributed by atoms with E-state index in [9.17, 15) is 0 Å². The fourth-order valence-corrected chi connectivity index (χ4v) is 3.42. The van der Waals surface area contributed by atoms with Crippen LogP contribution in [-0.2, 0) is 6.54 Å². The van der Waals surface area contributed by atoms with Crippen molar-refractivity contribution in [1.29, 1.82) is 0 Å². The molecule has 0 bridgehead atoms. The Labute approximate surface area is 165 Å². The number of nitrogens with zero attached hydrogens (tertiary/aromatic N) is 4. The van der Waals surface area contributed by atoms with E-state index < -0.39 is 0 Å². The predicted octanol–water partition coefficient (Wildman–Crippen LogP) is 2.94. The zero-order valence-electron chi connectivity index (χ0n) is 16.1. The van der Waals surface area contributed by atoms with Crippen molar-refractivity contribution < 1.29 is 4.74 Å². The SMILES string of the molecule is CN1CCC(COc2ccc(CNc3ccc4c(N)ncnc4c3)cn2)CC1. The maximum absolute atomic E-state index is 5.88. The highest BCUT2D eigenvalue weighted by molar-refractivity contribution is 5.89. The topological polar surface area (TPSA) is 89.2 Å². The average Bonchev–Trinajstić information content (AvgIpc) is 2.73. The summed E-state index contributed by atoms with van der Waals surface area (Å²) < 4.78 is 5.88. The number of pyridine rings is 1. The molecule has 0 aliphatic carbocycles. The third-order valence-electron chi connectivity index (χ3n) is 5.27. The Bertz CT molecular complexity index is 922. The standard InChI is InChI=1S/C21H26N6O/c1-27-8-6-15(7-9-27)13-28-20-5-2-16(12-24-20)11-23-17-3-4-18-19(10-17)25-14-26-21(18)22/h2-5,10,12,14-15,23H,6-9,11,13H2,1H3,(H2,22,25,26). The van der Waals surface area contributed by atoms with Crippen molar-refractivity contribution >= 4 is 22.4 Å². The second-order valence-corrected chi connectivity index (χ2v) is 7.41. The van der Waals surface area contributed by atoms with Crippen LogP contribution in [0.25, 0.3) is 10.9 Å². The Balaban J connectivity index is 1.30. The highest BCUT2D eigenvalue weighted by atomic mass is 16.5. The summed E-state index contributed by atoms with van der Waals surface area (Å²) in [5.41, 5.74) is 8.77. The lowest BCUT2D eigenvalue weighted by Gasteiger charge is -2.28. The van der Waals surface area contributed by atoms with E-state index in [4.69, 9.17) is 10.5 Å². The summed E-state index contributed by atoms with van der Waals surface area (Å²) in [7, 11) is 2.17. The Hall–Kier alpha value is -2.93. The molecule has 7 nitrogen and oxygen atoms in total. The summed E-state index contributed by atoms with van der Waals surface area (Å²) in [6.45, 7) is 3.73. The predicted molar refractivity (Wildman–Crippen MR) is 111 cm³/mol. The number of ether oxygens (including phenoxy) is 1. The van der Waals surface area contributed by atoms with E-state index in [1.807, 2.05) is 36.5 Å². The van der Waals surface area contributed by atoms with E-state index >= 15 is 0 Å². The van der Waals surface area contributed by atoms with E-state index in [-0.39, 0.29) is 0 Å². The van der Waals surface area contributed by atoms with Crippen LogP contribution >= 0.6 is 0 Å². The van der Waals surface area contributed by atoms with Crippen LogP contribution < -0.4 is 15.8 Å². The van der Waals surface area contributed by atoms with Gasteiger partial charge in [-0.3, -0.25) is 0 Å². The minimum atomic E-state index is 0.497. The number of nitrogens with two attached hydrogens (primary N) is 1. The van der Waals surface area contributed by atoms with Gasteiger partial charge in [0.15, 0.2) is 0 Å². The molecule has 28 heavy (non-hydrogen) atoms. The first-order valence-electron chi connectivity index (χ1n) is 9.68. The molecular weight excluding hydrogens is 352 g/mol. The molecule has 3 aromatic rings. The molecule has 1 saturated heterocycles. The van der Waals surface area contributed by atoms with Crippen LogP contribution in [0.1, 0.15) is 18.4 Å². The molecule has 1 aromatic carbocycles. The van der Waals surface area contributed by atoms with Gasteiger partial charge in [-0.15, -0.1) is 0 Å². The quantitative estimate of drug-likeness (QED) is 0.682. The summed E-state index contributed by atoms with van der Waals surface area (Å²) >= 11 is 0. The van der Waals surface area contributed by atoms with Crippen molar-refractivity contribution in [1.82, 2.24) is 19.9 Å². The summed E-state index contributed by atoms with van der Waals surface area (Å²) in [5.74, 6) is 1.82. The Morgan fingerprint density at radius 2 is 2.00 bits per heavy atom. The molecule has 0 spiro atoms. The van der Waals surface area contributed by atoms with Gasteiger partial charge in [0.25, 0.3) is 0 Å². The van der Waals surface area contributed by atoms with E-state index in [0.717, 1.165) is 41.9 Å². The molecule has 1 fully saturated rings. The molecule has 0 atom stereocenters. The summed E-state index contributed by atoms with van der Waals surface area (Å²) in [5, 5.41) is 4.26. The molecule has 3 N–H and O–H groups in total. The minimum absolute atomic E-state index is 0.497. The van der Waals surface area contributed by atoms with Gasteiger partial charge in [0.05, 0.1) is 12.1 Å². The van der Waals surface area contributed by atoms with E-state index in [1.165, 1.54) is 19.2 Å². The molecule has 0 radical (unpaired) electrons. The maximum atomic E-state index is 5.88. The number of aromatic nitrogens is 3. The van der Waals surface area contributed by atoms with E-state index in [2.05, 4.69) is 32.2 Å². The van der Waals surface area contributed by atoms with Gasteiger partial charge in [0.2, 0.25) is 5.88 Å². The van der Waals surface area contributed by atoms with Crippen LogP contribution in [0, 0.1) is 5.92 Å². The molecular formula is C21H26N6O. The van der Waals surface area contributed by atoms with Crippen molar-refractivity contribution in [3.05, 3.63) is 48.4 Å². The Kier molecular flexibility index (Phi) is 5.53. The maximum Gasteiger partial charge on any atom is 0.213 e. The summed E-state index contributed by atoms with van der Waals surface area (Å²) in [6.07, 6.45) is 5.73. The van der Waals surface area contributed by atoms with Crippen LogP contribution in [0.15, 0.2) is 42.9 Å². The lowest BCUT2D eigenvalue weighted by Crippen LogP contribution is -2.32. The van der Waals surface area contributed by atoms with Crippen molar-refractivity contribution in [2.24, 2.45) is 5.92 Å². The number of benzene rings is 1. The zero-order valence-corrected chi connectivity index (χ0v) is 16.1. The first kappa shape index (κ1) is 18.4. The number of anilines is 2. The van der Waals surface area contributed by atoms with Gasteiger partial charge < -0.3 is 20.7 Å². The van der Waals surface area contributed by atoms with Crippen LogP contribution in [-0.4, -0.2) is 46.6 Å². The zero-order chi connectivity index (χ0) is 19.3. The second-order valence-electron chi connectivity index (χ2n) is 7.41. The van der Waals surface area contributed by atoms with Crippen molar-refractivity contribution in [2.45, 2.75) is 19.4 Å². The van der Waals surface area contributed by atoms with Gasteiger partial charge in [-0.1, -0.05) is 6.07 Å². The van der Waals surface area contributed by atoms with Crippen molar-refractivity contribution in [2.75, 3.05) is 37.8 Å². The number of likely N-dealkylation sites (tertiary alicyclic amines) is 1. The van der Waals surface area contributed by atoms with Gasteiger partial charge in [-0.05, 0) is 62.7 Å². The fraction of sp³-hybridized carbons (Fsp3) is 0.381. The Morgan fingerprint density at radius 3 is 2.79 bits per heavy atom. The summed E-state index contributed by atoms with van der Waals surface area (Å²) in [4.78, 5) is 15.1. The number of nitrogens with one attached hydrogen (secondary N) is 1. The normalized spacial score (nSPS) is 15.6. The average molecular weight is 378 g/mol. The molecule has 7 heteroatoms. The third kappa shape index (κ3) is 4.48. The van der Waals surface area contributed by atoms with Crippen molar-refractivity contribution in [3.63, 3.8) is 0 Å². The molecule has 0 amide bonds. The molecule has 1 aliphatic rings.